The summed E-state index contributed by atoms with van der Waals surface area (Å²) in [6, 6.07) is 9.62. The highest BCUT2D eigenvalue weighted by Gasteiger charge is 2.32. The van der Waals surface area contributed by atoms with Crippen molar-refractivity contribution >= 4 is 40.6 Å². The van der Waals surface area contributed by atoms with Crippen LogP contribution in [0.25, 0.3) is 0 Å². The van der Waals surface area contributed by atoms with Crippen LogP contribution in [-0.4, -0.2) is 22.5 Å². The molecule has 0 aromatic heterocycles. The van der Waals surface area contributed by atoms with Crippen LogP contribution in [0.3, 0.4) is 0 Å². The van der Waals surface area contributed by atoms with Gasteiger partial charge in [0.2, 0.25) is 0 Å². The van der Waals surface area contributed by atoms with Gasteiger partial charge in [-0.05, 0) is 48.6 Å². The van der Waals surface area contributed by atoms with E-state index in [1.807, 2.05) is 26.8 Å². The molecule has 0 spiro atoms. The maximum Gasteiger partial charge on any atom is 0.166 e. The van der Waals surface area contributed by atoms with Crippen molar-refractivity contribution < 1.29 is 19.5 Å². The maximum atomic E-state index is 12.8. The van der Waals surface area contributed by atoms with Crippen LogP contribution < -0.4 is 0 Å². The number of rotatable bonds is 8. The topological polar surface area (TPSA) is 71.4 Å². The summed E-state index contributed by atoms with van der Waals surface area (Å²) in [6.07, 6.45) is 0.665. The van der Waals surface area contributed by atoms with Crippen molar-refractivity contribution in [2.45, 2.75) is 47.0 Å². The molecule has 2 aromatic rings. The third kappa shape index (κ3) is 6.16. The highest BCUT2D eigenvalue weighted by Crippen LogP contribution is 2.34. The second-order valence-electron chi connectivity index (χ2n) is 8.56. The van der Waals surface area contributed by atoms with Crippen LogP contribution >= 0.6 is 23.2 Å². The van der Waals surface area contributed by atoms with Gasteiger partial charge in [-0.15, -0.1) is 0 Å². The van der Waals surface area contributed by atoms with E-state index in [2.05, 4.69) is 0 Å². The quantitative estimate of drug-likeness (QED) is 0.478. The molecular weight excluding hydrogens is 423 g/mol. The van der Waals surface area contributed by atoms with Crippen molar-refractivity contribution in [3.05, 3.63) is 63.1 Å². The van der Waals surface area contributed by atoms with Crippen LogP contribution in [0.5, 0.6) is 5.75 Å². The van der Waals surface area contributed by atoms with Crippen molar-refractivity contribution in [3.8, 4) is 5.75 Å². The fourth-order valence-corrected chi connectivity index (χ4v) is 4.16. The third-order valence-electron chi connectivity index (χ3n) is 5.12. The number of hydrogen-bond donors (Lipinski definition) is 1. The molecule has 0 fully saturated rings. The lowest BCUT2D eigenvalue weighted by Crippen LogP contribution is -2.29. The van der Waals surface area contributed by atoms with E-state index in [1.54, 1.807) is 18.2 Å². The Morgan fingerprint density at radius 3 is 2.10 bits per heavy atom. The summed E-state index contributed by atoms with van der Waals surface area (Å²) in [4.78, 5) is 37.4. The van der Waals surface area contributed by atoms with Crippen LogP contribution in [0.4, 0.5) is 0 Å². The van der Waals surface area contributed by atoms with Crippen LogP contribution in [-0.2, 0) is 11.2 Å². The number of ketones is 3. The lowest BCUT2D eigenvalue weighted by atomic mass is 9.75. The Hall–Kier alpha value is -2.17. The zero-order valence-corrected chi connectivity index (χ0v) is 19.1. The number of aromatic hydroxyl groups is 1. The SMILES string of the molecule is CC(=O)C(CC(=O)c1c(Cl)cc(C(=O)CCc2cccc(O)c2)cc1Cl)C(C)(C)C. The van der Waals surface area contributed by atoms with Gasteiger partial charge in [0, 0.05) is 24.3 Å². The Morgan fingerprint density at radius 1 is 1.00 bits per heavy atom. The lowest BCUT2D eigenvalue weighted by molar-refractivity contribution is -0.123. The number of Topliss-reactive ketones (excluding diaryl/α,β-unsaturated/α-hetero) is 3. The first-order valence-electron chi connectivity index (χ1n) is 9.74. The molecule has 0 amide bonds. The fourth-order valence-electron chi connectivity index (χ4n) is 3.46. The van der Waals surface area contributed by atoms with Crippen molar-refractivity contribution in [3.63, 3.8) is 0 Å². The molecule has 2 rings (SSSR count). The second-order valence-corrected chi connectivity index (χ2v) is 9.38. The summed E-state index contributed by atoms with van der Waals surface area (Å²) in [7, 11) is 0. The summed E-state index contributed by atoms with van der Waals surface area (Å²) < 4.78 is 0. The molecule has 0 saturated heterocycles. The van der Waals surface area contributed by atoms with Crippen LogP contribution in [0, 0.1) is 11.3 Å². The summed E-state index contributed by atoms with van der Waals surface area (Å²) in [5.74, 6) is -0.869. The summed E-state index contributed by atoms with van der Waals surface area (Å²) >= 11 is 12.6. The minimum Gasteiger partial charge on any atom is -0.508 e. The van der Waals surface area contributed by atoms with E-state index in [4.69, 9.17) is 23.2 Å². The van der Waals surface area contributed by atoms with Crippen molar-refractivity contribution in [1.82, 2.24) is 0 Å². The van der Waals surface area contributed by atoms with E-state index in [9.17, 15) is 19.5 Å². The van der Waals surface area contributed by atoms with Crippen LogP contribution in [0.2, 0.25) is 10.0 Å². The molecule has 0 aliphatic carbocycles. The van der Waals surface area contributed by atoms with E-state index >= 15 is 0 Å². The monoisotopic (exact) mass is 448 g/mol. The molecule has 6 heteroatoms. The van der Waals surface area contributed by atoms with Crippen LogP contribution in [0.1, 0.15) is 66.8 Å². The smallest absolute Gasteiger partial charge is 0.166 e. The molecule has 2 aromatic carbocycles. The van der Waals surface area contributed by atoms with E-state index < -0.39 is 5.92 Å². The fraction of sp³-hybridized carbons (Fsp3) is 0.375. The normalized spacial score (nSPS) is 12.5. The average Bonchev–Trinajstić information content (AvgIpc) is 2.62. The van der Waals surface area contributed by atoms with Crippen molar-refractivity contribution in [2.24, 2.45) is 11.3 Å². The Balaban J connectivity index is 2.18. The molecule has 0 aliphatic rings. The Labute approximate surface area is 187 Å². The third-order valence-corrected chi connectivity index (χ3v) is 5.72. The minimum absolute atomic E-state index is 0.00304. The Kier molecular flexibility index (Phi) is 7.84. The molecule has 4 nitrogen and oxygen atoms in total. The first kappa shape index (κ1) is 24.1. The number of phenols is 1. The molecule has 30 heavy (non-hydrogen) atoms. The van der Waals surface area contributed by atoms with Crippen LogP contribution in [0.15, 0.2) is 36.4 Å². The molecule has 1 N–H and O–H groups in total. The van der Waals surface area contributed by atoms with Gasteiger partial charge in [0.15, 0.2) is 11.6 Å². The van der Waals surface area contributed by atoms with Gasteiger partial charge in [-0.2, -0.15) is 0 Å². The summed E-state index contributed by atoms with van der Waals surface area (Å²) in [5.41, 5.74) is 0.922. The molecule has 1 unspecified atom stereocenters. The lowest BCUT2D eigenvalue weighted by Gasteiger charge is -2.28. The first-order chi connectivity index (χ1) is 13.9. The van der Waals surface area contributed by atoms with Gasteiger partial charge < -0.3 is 5.11 Å². The van der Waals surface area contributed by atoms with Gasteiger partial charge in [0.1, 0.15) is 11.5 Å². The Morgan fingerprint density at radius 2 is 1.60 bits per heavy atom. The van der Waals surface area contributed by atoms with Gasteiger partial charge in [-0.3, -0.25) is 14.4 Å². The van der Waals surface area contributed by atoms with Crippen molar-refractivity contribution in [1.29, 1.82) is 0 Å². The molecular formula is C24H26Cl2O4. The number of carbonyl (C=O) groups is 3. The first-order valence-corrected chi connectivity index (χ1v) is 10.5. The maximum absolute atomic E-state index is 12.8. The van der Waals surface area contributed by atoms with Crippen molar-refractivity contribution in [2.75, 3.05) is 0 Å². The van der Waals surface area contributed by atoms with E-state index in [0.717, 1.165) is 5.56 Å². The number of halogens is 2. The van der Waals surface area contributed by atoms with E-state index in [0.29, 0.717) is 12.0 Å². The molecule has 0 heterocycles. The predicted octanol–water partition coefficient (Wildman–Crippen LogP) is 6.34. The number of aryl methyl sites for hydroxylation is 1. The molecule has 0 radical (unpaired) electrons. The van der Waals surface area contributed by atoms with Gasteiger partial charge in [-0.25, -0.2) is 0 Å². The second kappa shape index (κ2) is 9.76. The molecule has 0 saturated carbocycles. The summed E-state index contributed by atoms with van der Waals surface area (Å²) in [5, 5.41) is 9.73. The van der Waals surface area contributed by atoms with Gasteiger partial charge in [0.25, 0.3) is 0 Å². The van der Waals surface area contributed by atoms with Gasteiger partial charge >= 0.3 is 0 Å². The summed E-state index contributed by atoms with van der Waals surface area (Å²) in [6.45, 7) is 7.19. The van der Waals surface area contributed by atoms with Gasteiger partial charge in [-0.1, -0.05) is 56.1 Å². The Bertz CT molecular complexity index is 950. The predicted molar refractivity (Wildman–Crippen MR) is 120 cm³/mol. The zero-order valence-electron chi connectivity index (χ0n) is 17.6. The number of hydrogen-bond acceptors (Lipinski definition) is 4. The number of benzene rings is 2. The zero-order chi connectivity index (χ0) is 22.6. The molecule has 1 atom stereocenters. The molecule has 0 bridgehead atoms. The number of carbonyl (C=O) groups excluding carboxylic acids is 3. The molecule has 160 valence electrons. The number of phenolic OH excluding ortho intramolecular Hbond substituents is 1. The largest absolute Gasteiger partial charge is 0.508 e. The van der Waals surface area contributed by atoms with E-state index in [-0.39, 0.29) is 57.0 Å². The minimum atomic E-state index is -0.458. The molecule has 0 aliphatic heterocycles. The highest BCUT2D eigenvalue weighted by molar-refractivity contribution is 6.40. The van der Waals surface area contributed by atoms with E-state index in [1.165, 1.54) is 19.1 Å². The van der Waals surface area contributed by atoms with Gasteiger partial charge in [0.05, 0.1) is 15.6 Å². The average molecular weight is 449 g/mol. The highest BCUT2D eigenvalue weighted by atomic mass is 35.5. The standard InChI is InChI=1S/C24H26Cl2O4/c1-14(27)18(24(2,3)4)13-22(30)23-19(25)11-16(12-20(23)26)21(29)9-8-15-6-5-7-17(28)10-15/h5-7,10-12,18,28H,8-9,13H2,1-4H3.